The second kappa shape index (κ2) is 10.5. The summed E-state index contributed by atoms with van der Waals surface area (Å²) in [6, 6.07) is 13.8. The zero-order valence-corrected chi connectivity index (χ0v) is 17.7. The fourth-order valence-electron chi connectivity index (χ4n) is 3.23. The summed E-state index contributed by atoms with van der Waals surface area (Å²) in [6.07, 6.45) is 0.133. The molecular formula is C23H27N3O5. The normalized spacial score (nSPS) is 14.8. The van der Waals surface area contributed by atoms with Crippen molar-refractivity contribution in [1.29, 1.82) is 0 Å². The van der Waals surface area contributed by atoms with Crippen LogP contribution in [0.25, 0.3) is 0 Å². The van der Waals surface area contributed by atoms with Gasteiger partial charge in [-0.25, -0.2) is 4.79 Å². The first-order chi connectivity index (χ1) is 15.0. The van der Waals surface area contributed by atoms with Gasteiger partial charge in [0.15, 0.2) is 6.10 Å². The Morgan fingerprint density at radius 2 is 1.84 bits per heavy atom. The van der Waals surface area contributed by atoms with Crippen molar-refractivity contribution in [2.45, 2.75) is 26.4 Å². The molecule has 2 N–H and O–H groups in total. The molecule has 164 valence electrons. The fourth-order valence-corrected chi connectivity index (χ4v) is 3.23. The zero-order chi connectivity index (χ0) is 22.2. The Morgan fingerprint density at radius 1 is 1.10 bits per heavy atom. The smallest absolute Gasteiger partial charge is 0.338 e. The van der Waals surface area contributed by atoms with Crippen LogP contribution in [0.5, 0.6) is 5.75 Å². The molecule has 2 amide bonds. The van der Waals surface area contributed by atoms with E-state index in [9.17, 15) is 14.4 Å². The van der Waals surface area contributed by atoms with Gasteiger partial charge in [-0.15, -0.1) is 0 Å². The van der Waals surface area contributed by atoms with Gasteiger partial charge in [-0.2, -0.15) is 0 Å². The maximum Gasteiger partial charge on any atom is 0.338 e. The van der Waals surface area contributed by atoms with Crippen LogP contribution in [0, 0.1) is 0 Å². The molecule has 1 aliphatic rings. The van der Waals surface area contributed by atoms with Crippen LogP contribution in [0.15, 0.2) is 48.5 Å². The van der Waals surface area contributed by atoms with E-state index in [-0.39, 0.29) is 24.9 Å². The maximum absolute atomic E-state index is 12.7. The zero-order valence-electron chi connectivity index (χ0n) is 17.7. The van der Waals surface area contributed by atoms with Crippen molar-refractivity contribution >= 4 is 29.2 Å². The molecule has 0 unspecified atom stereocenters. The number of carbonyl (C=O) groups excluding carboxylic acids is 3. The highest BCUT2D eigenvalue weighted by atomic mass is 16.5. The van der Waals surface area contributed by atoms with E-state index in [1.54, 1.807) is 37.3 Å². The van der Waals surface area contributed by atoms with Crippen LogP contribution < -0.4 is 20.3 Å². The monoisotopic (exact) mass is 425 g/mol. The van der Waals surface area contributed by atoms with Crippen LogP contribution in [0.1, 0.15) is 30.6 Å². The van der Waals surface area contributed by atoms with Gasteiger partial charge in [-0.3, -0.25) is 9.59 Å². The van der Waals surface area contributed by atoms with Crippen LogP contribution in [-0.2, 0) is 14.3 Å². The van der Waals surface area contributed by atoms with Crippen LogP contribution in [-0.4, -0.2) is 50.1 Å². The molecule has 1 heterocycles. The van der Waals surface area contributed by atoms with Crippen LogP contribution in [0.3, 0.4) is 0 Å². The fraction of sp³-hybridized carbons (Fsp3) is 0.348. The predicted octanol–water partition coefficient (Wildman–Crippen LogP) is 2.60. The van der Waals surface area contributed by atoms with Crippen molar-refractivity contribution in [3.05, 3.63) is 54.1 Å². The summed E-state index contributed by atoms with van der Waals surface area (Å²) in [5, 5.41) is 5.66. The van der Waals surface area contributed by atoms with E-state index >= 15 is 0 Å². The van der Waals surface area contributed by atoms with Gasteiger partial charge >= 0.3 is 5.97 Å². The number of carbonyl (C=O) groups is 3. The molecule has 0 saturated heterocycles. The van der Waals surface area contributed by atoms with E-state index in [2.05, 4.69) is 10.6 Å². The summed E-state index contributed by atoms with van der Waals surface area (Å²) >= 11 is 0. The number of hydrogen-bond donors (Lipinski definition) is 2. The van der Waals surface area contributed by atoms with E-state index in [1.807, 2.05) is 30.0 Å². The molecule has 0 bridgehead atoms. The molecule has 0 fully saturated rings. The Kier molecular flexibility index (Phi) is 7.48. The van der Waals surface area contributed by atoms with Crippen molar-refractivity contribution in [2.75, 3.05) is 36.5 Å². The Labute approximate surface area is 181 Å². The SMILES string of the molecule is CCCNC(=O)[C@H]1CN(CC(=O)Nc2ccc(C(=O)OCC)cc2)c2ccccc2O1. The number of esters is 1. The molecule has 2 aromatic carbocycles. The summed E-state index contributed by atoms with van der Waals surface area (Å²) in [4.78, 5) is 38.7. The summed E-state index contributed by atoms with van der Waals surface area (Å²) < 4.78 is 10.8. The second-order valence-electron chi connectivity index (χ2n) is 7.09. The average Bonchev–Trinajstić information content (AvgIpc) is 2.78. The first-order valence-electron chi connectivity index (χ1n) is 10.4. The van der Waals surface area contributed by atoms with Crippen LogP contribution in [0.4, 0.5) is 11.4 Å². The van der Waals surface area contributed by atoms with E-state index in [0.717, 1.165) is 12.1 Å². The lowest BCUT2D eigenvalue weighted by Crippen LogP contribution is -2.50. The quantitative estimate of drug-likeness (QED) is 0.631. The van der Waals surface area contributed by atoms with Gasteiger partial charge in [-0.1, -0.05) is 19.1 Å². The lowest BCUT2D eigenvalue weighted by atomic mass is 10.1. The summed E-state index contributed by atoms with van der Waals surface area (Å²) in [5.41, 5.74) is 1.74. The Bertz CT molecular complexity index is 929. The second-order valence-corrected chi connectivity index (χ2v) is 7.09. The first kappa shape index (κ1) is 22.1. The van der Waals surface area contributed by atoms with E-state index < -0.39 is 12.1 Å². The number of nitrogens with zero attached hydrogens (tertiary/aromatic N) is 1. The Hall–Kier alpha value is -3.55. The van der Waals surface area contributed by atoms with Gasteiger partial charge < -0.3 is 25.0 Å². The molecule has 0 saturated carbocycles. The summed E-state index contributed by atoms with van der Waals surface area (Å²) in [7, 11) is 0. The molecule has 3 rings (SSSR count). The Balaban J connectivity index is 1.66. The van der Waals surface area contributed by atoms with Gasteiger partial charge in [0, 0.05) is 12.2 Å². The van der Waals surface area contributed by atoms with E-state index in [4.69, 9.17) is 9.47 Å². The number of benzene rings is 2. The molecule has 0 aromatic heterocycles. The molecule has 0 aliphatic carbocycles. The molecule has 2 aromatic rings. The molecule has 0 spiro atoms. The lowest BCUT2D eigenvalue weighted by molar-refractivity contribution is -0.128. The van der Waals surface area contributed by atoms with Crippen molar-refractivity contribution in [3.8, 4) is 5.75 Å². The number of para-hydroxylation sites is 2. The lowest BCUT2D eigenvalue weighted by Gasteiger charge is -2.35. The van der Waals surface area contributed by atoms with Crippen LogP contribution in [0.2, 0.25) is 0 Å². The van der Waals surface area contributed by atoms with Gasteiger partial charge in [0.2, 0.25) is 5.91 Å². The minimum Gasteiger partial charge on any atom is -0.477 e. The first-order valence-corrected chi connectivity index (χ1v) is 10.4. The summed E-state index contributed by atoms with van der Waals surface area (Å²) in [5.74, 6) is -0.278. The van der Waals surface area contributed by atoms with Crippen molar-refractivity contribution < 1.29 is 23.9 Å². The van der Waals surface area contributed by atoms with Gasteiger partial charge in [0.05, 0.1) is 30.9 Å². The number of amides is 2. The number of nitrogens with one attached hydrogen (secondary N) is 2. The van der Waals surface area contributed by atoms with Gasteiger partial charge in [0.25, 0.3) is 5.91 Å². The number of rotatable bonds is 8. The summed E-state index contributed by atoms with van der Waals surface area (Å²) in [6.45, 7) is 4.92. The molecule has 8 heteroatoms. The molecule has 1 aliphatic heterocycles. The van der Waals surface area contributed by atoms with E-state index in [0.29, 0.717) is 30.2 Å². The number of ether oxygens (including phenoxy) is 2. The molecule has 0 radical (unpaired) electrons. The predicted molar refractivity (Wildman–Crippen MR) is 117 cm³/mol. The minimum absolute atomic E-state index is 0.0531. The molecule has 31 heavy (non-hydrogen) atoms. The Morgan fingerprint density at radius 3 is 2.55 bits per heavy atom. The highest BCUT2D eigenvalue weighted by Gasteiger charge is 2.31. The van der Waals surface area contributed by atoms with Gasteiger partial charge in [0.1, 0.15) is 5.75 Å². The third kappa shape index (κ3) is 5.75. The highest BCUT2D eigenvalue weighted by Crippen LogP contribution is 2.33. The topological polar surface area (TPSA) is 97.0 Å². The third-order valence-electron chi connectivity index (χ3n) is 4.72. The van der Waals surface area contributed by atoms with Gasteiger partial charge in [-0.05, 0) is 49.7 Å². The molecular weight excluding hydrogens is 398 g/mol. The third-order valence-corrected chi connectivity index (χ3v) is 4.72. The van der Waals surface area contributed by atoms with Crippen molar-refractivity contribution in [1.82, 2.24) is 5.32 Å². The standard InChI is InChI=1S/C23H27N3O5/c1-3-13-24-22(28)20-14-26(18-7-5-6-8-19(18)31-20)15-21(27)25-17-11-9-16(10-12-17)23(29)30-4-2/h5-12,20H,3-4,13-15H2,1-2H3,(H,24,28)(H,25,27)/t20-/m1/s1. The van der Waals surface area contributed by atoms with Crippen molar-refractivity contribution in [3.63, 3.8) is 0 Å². The maximum atomic E-state index is 12.7. The average molecular weight is 425 g/mol. The number of hydrogen-bond acceptors (Lipinski definition) is 6. The van der Waals surface area contributed by atoms with E-state index in [1.165, 1.54) is 0 Å². The minimum atomic E-state index is -0.696. The highest BCUT2D eigenvalue weighted by molar-refractivity contribution is 5.96. The molecule has 8 nitrogen and oxygen atoms in total. The number of fused-ring (bicyclic) bond motifs is 1. The number of anilines is 2. The van der Waals surface area contributed by atoms with Crippen LogP contribution >= 0.6 is 0 Å². The van der Waals surface area contributed by atoms with Crippen molar-refractivity contribution in [2.24, 2.45) is 0 Å². The largest absolute Gasteiger partial charge is 0.477 e. The molecule has 1 atom stereocenters.